The van der Waals surface area contributed by atoms with Crippen molar-refractivity contribution in [3.05, 3.63) is 17.4 Å². The topological polar surface area (TPSA) is 84.2 Å². The summed E-state index contributed by atoms with van der Waals surface area (Å²) in [5.41, 5.74) is 0. The minimum Gasteiger partial charge on any atom is -0.481 e. The number of carbonyl (C=O) groups is 2. The summed E-state index contributed by atoms with van der Waals surface area (Å²) < 4.78 is 1.64. The third-order valence-electron chi connectivity index (χ3n) is 3.66. The molecule has 1 amide bonds. The van der Waals surface area contributed by atoms with Gasteiger partial charge in [0.1, 0.15) is 0 Å². The molecule has 0 saturated heterocycles. The maximum atomic E-state index is 12.1. The summed E-state index contributed by atoms with van der Waals surface area (Å²) in [4.78, 5) is 23.2. The highest BCUT2D eigenvalue weighted by Gasteiger charge is 2.35. The number of halogens is 1. The molecule has 1 saturated carbocycles. The van der Waals surface area contributed by atoms with E-state index in [4.69, 9.17) is 16.7 Å². The van der Waals surface area contributed by atoms with Crippen LogP contribution in [0, 0.1) is 11.8 Å². The summed E-state index contributed by atoms with van der Waals surface area (Å²) in [6, 6.07) is 0. The maximum absolute atomic E-state index is 12.1. The van der Waals surface area contributed by atoms with Crippen molar-refractivity contribution in [2.45, 2.75) is 32.2 Å². The zero-order valence-corrected chi connectivity index (χ0v) is 11.8. The molecule has 2 N–H and O–H groups in total. The van der Waals surface area contributed by atoms with Gasteiger partial charge in [-0.05, 0) is 12.8 Å². The van der Waals surface area contributed by atoms with Crippen LogP contribution < -0.4 is 5.32 Å². The van der Waals surface area contributed by atoms with Gasteiger partial charge in [0.2, 0.25) is 5.91 Å². The van der Waals surface area contributed by atoms with Gasteiger partial charge < -0.3 is 10.4 Å². The molecule has 0 bridgehead atoms. The molecule has 110 valence electrons. The molecule has 2 atom stereocenters. The molecule has 1 aliphatic carbocycles. The Kier molecular flexibility index (Phi) is 5.00. The molecule has 6 nitrogen and oxygen atoms in total. The van der Waals surface area contributed by atoms with Crippen molar-refractivity contribution >= 4 is 23.5 Å². The Bertz CT molecular complexity index is 489. The van der Waals surface area contributed by atoms with Gasteiger partial charge in [0.25, 0.3) is 0 Å². The summed E-state index contributed by atoms with van der Waals surface area (Å²) in [7, 11) is 0. The van der Waals surface area contributed by atoms with Crippen molar-refractivity contribution in [2.24, 2.45) is 11.8 Å². The van der Waals surface area contributed by atoms with Gasteiger partial charge in [0, 0.05) is 12.7 Å². The Morgan fingerprint density at radius 2 is 2.10 bits per heavy atom. The Balaban J connectivity index is 1.82. The van der Waals surface area contributed by atoms with E-state index in [1.165, 1.54) is 6.20 Å². The average molecular weight is 300 g/mol. The second kappa shape index (κ2) is 6.74. The van der Waals surface area contributed by atoms with E-state index in [-0.39, 0.29) is 5.91 Å². The minimum absolute atomic E-state index is 0.171. The van der Waals surface area contributed by atoms with E-state index in [1.807, 2.05) is 0 Å². The monoisotopic (exact) mass is 299 g/mol. The summed E-state index contributed by atoms with van der Waals surface area (Å²) in [5, 5.41) is 16.5. The van der Waals surface area contributed by atoms with Crippen LogP contribution in [-0.2, 0) is 16.1 Å². The van der Waals surface area contributed by atoms with Crippen LogP contribution in [0.25, 0.3) is 0 Å². The molecule has 0 unspecified atom stereocenters. The molecule has 0 spiro atoms. The first-order chi connectivity index (χ1) is 9.58. The van der Waals surface area contributed by atoms with Gasteiger partial charge in [-0.25, -0.2) is 0 Å². The lowest BCUT2D eigenvalue weighted by Gasteiger charge is -2.27. The second-order valence-electron chi connectivity index (χ2n) is 5.05. The maximum Gasteiger partial charge on any atom is 0.307 e. The number of hydrogen-bond donors (Lipinski definition) is 2. The SMILES string of the molecule is O=C(O)[C@@H]1CCCC[C@H]1C(=O)NCCn1cc(Cl)cn1. The van der Waals surface area contributed by atoms with Crippen molar-refractivity contribution in [2.75, 3.05) is 6.54 Å². The van der Waals surface area contributed by atoms with Crippen LogP contribution in [0.4, 0.5) is 0 Å². The van der Waals surface area contributed by atoms with Crippen LogP contribution in [0.5, 0.6) is 0 Å². The molecule has 0 aromatic carbocycles. The largest absolute Gasteiger partial charge is 0.481 e. The molecule has 0 aliphatic heterocycles. The van der Waals surface area contributed by atoms with Gasteiger partial charge in [-0.1, -0.05) is 24.4 Å². The fourth-order valence-corrected chi connectivity index (χ4v) is 2.78. The molecule has 1 aromatic heterocycles. The predicted molar refractivity (Wildman–Crippen MR) is 73.3 cm³/mol. The summed E-state index contributed by atoms with van der Waals surface area (Å²) >= 11 is 5.74. The Labute approximate surface area is 122 Å². The third kappa shape index (κ3) is 3.72. The zero-order chi connectivity index (χ0) is 14.5. The molecular weight excluding hydrogens is 282 g/mol. The van der Waals surface area contributed by atoms with E-state index in [0.29, 0.717) is 31.0 Å². The van der Waals surface area contributed by atoms with Crippen molar-refractivity contribution in [1.29, 1.82) is 0 Å². The van der Waals surface area contributed by atoms with Crippen molar-refractivity contribution in [3.8, 4) is 0 Å². The average Bonchev–Trinajstić information content (AvgIpc) is 2.84. The number of rotatable bonds is 5. The van der Waals surface area contributed by atoms with Crippen LogP contribution >= 0.6 is 11.6 Å². The Hall–Kier alpha value is -1.56. The van der Waals surface area contributed by atoms with E-state index in [1.54, 1.807) is 10.9 Å². The fourth-order valence-electron chi connectivity index (χ4n) is 2.63. The van der Waals surface area contributed by atoms with Crippen molar-refractivity contribution in [3.63, 3.8) is 0 Å². The number of aliphatic carboxylic acids is 1. The van der Waals surface area contributed by atoms with E-state index < -0.39 is 17.8 Å². The molecule has 1 aromatic rings. The first-order valence-corrected chi connectivity index (χ1v) is 7.14. The predicted octanol–water partition coefficient (Wildman–Crippen LogP) is 1.54. The highest BCUT2D eigenvalue weighted by molar-refractivity contribution is 6.30. The Morgan fingerprint density at radius 1 is 1.40 bits per heavy atom. The fraction of sp³-hybridized carbons (Fsp3) is 0.615. The standard InChI is InChI=1S/C13H18ClN3O3/c14-9-7-16-17(8-9)6-5-15-12(18)10-3-1-2-4-11(10)13(19)20/h7-8,10-11H,1-6H2,(H,15,18)(H,19,20)/t10-,11-/m1/s1. The number of carboxylic acids is 1. The molecular formula is C13H18ClN3O3. The van der Waals surface area contributed by atoms with Crippen LogP contribution in [0.3, 0.4) is 0 Å². The quantitative estimate of drug-likeness (QED) is 0.864. The van der Waals surface area contributed by atoms with Crippen LogP contribution in [0.2, 0.25) is 5.02 Å². The molecule has 20 heavy (non-hydrogen) atoms. The smallest absolute Gasteiger partial charge is 0.307 e. The van der Waals surface area contributed by atoms with Crippen LogP contribution in [-0.4, -0.2) is 33.3 Å². The second-order valence-corrected chi connectivity index (χ2v) is 5.48. The first-order valence-electron chi connectivity index (χ1n) is 6.76. The molecule has 1 fully saturated rings. The Morgan fingerprint density at radius 3 is 2.70 bits per heavy atom. The third-order valence-corrected chi connectivity index (χ3v) is 3.86. The normalized spacial score (nSPS) is 22.4. The van der Waals surface area contributed by atoms with E-state index in [9.17, 15) is 9.59 Å². The van der Waals surface area contributed by atoms with Gasteiger partial charge in [0.15, 0.2) is 0 Å². The van der Waals surface area contributed by atoms with Gasteiger partial charge >= 0.3 is 5.97 Å². The number of aromatic nitrogens is 2. The number of nitrogens with one attached hydrogen (secondary N) is 1. The van der Waals surface area contributed by atoms with E-state index >= 15 is 0 Å². The molecule has 2 rings (SSSR count). The number of carbonyl (C=O) groups excluding carboxylic acids is 1. The van der Waals surface area contributed by atoms with Crippen LogP contribution in [0.15, 0.2) is 12.4 Å². The highest BCUT2D eigenvalue weighted by atomic mass is 35.5. The molecule has 1 aliphatic rings. The highest BCUT2D eigenvalue weighted by Crippen LogP contribution is 2.30. The first kappa shape index (κ1) is 14.8. The number of nitrogens with zero attached hydrogens (tertiary/aromatic N) is 2. The summed E-state index contributed by atoms with van der Waals surface area (Å²) in [6.45, 7) is 0.933. The van der Waals surface area contributed by atoms with Gasteiger partial charge in [-0.15, -0.1) is 0 Å². The minimum atomic E-state index is -0.872. The van der Waals surface area contributed by atoms with E-state index in [2.05, 4.69) is 10.4 Å². The lowest BCUT2D eigenvalue weighted by Crippen LogP contribution is -2.40. The molecule has 0 radical (unpaired) electrons. The van der Waals surface area contributed by atoms with E-state index in [0.717, 1.165) is 12.8 Å². The molecule has 1 heterocycles. The number of hydrogen-bond acceptors (Lipinski definition) is 3. The molecule has 7 heteroatoms. The van der Waals surface area contributed by atoms with Crippen LogP contribution in [0.1, 0.15) is 25.7 Å². The lowest BCUT2D eigenvalue weighted by atomic mass is 9.79. The van der Waals surface area contributed by atoms with Gasteiger partial charge in [0.05, 0.1) is 29.6 Å². The van der Waals surface area contributed by atoms with Gasteiger partial charge in [-0.2, -0.15) is 5.10 Å². The summed E-state index contributed by atoms with van der Waals surface area (Å²) in [6.07, 6.45) is 6.24. The van der Waals surface area contributed by atoms with Crippen molar-refractivity contribution in [1.82, 2.24) is 15.1 Å². The van der Waals surface area contributed by atoms with Gasteiger partial charge in [-0.3, -0.25) is 14.3 Å². The zero-order valence-electron chi connectivity index (χ0n) is 11.1. The van der Waals surface area contributed by atoms with Crippen molar-refractivity contribution < 1.29 is 14.7 Å². The lowest BCUT2D eigenvalue weighted by molar-refractivity contribution is -0.148. The number of amides is 1. The number of carboxylic acid groups (broad SMARTS) is 1. The summed E-state index contributed by atoms with van der Waals surface area (Å²) in [5.74, 6) is -2.01.